The van der Waals surface area contributed by atoms with E-state index >= 15 is 0 Å². The molecule has 0 aromatic rings. The minimum Gasteiger partial charge on any atom is -0.299 e. The van der Waals surface area contributed by atoms with Crippen molar-refractivity contribution in [3.8, 4) is 0 Å². The number of alkyl halides is 1. The molecule has 4 atom stereocenters. The lowest BCUT2D eigenvalue weighted by Crippen LogP contribution is -2.41. The summed E-state index contributed by atoms with van der Waals surface area (Å²) < 4.78 is 0. The topological polar surface area (TPSA) is 17.1 Å². The van der Waals surface area contributed by atoms with Gasteiger partial charge in [-0.25, -0.2) is 0 Å². The van der Waals surface area contributed by atoms with E-state index in [1.165, 1.54) is 0 Å². The Labute approximate surface area is 97.6 Å². The molecule has 86 valence electrons. The highest BCUT2D eigenvalue weighted by Gasteiger charge is 2.55. The van der Waals surface area contributed by atoms with E-state index < -0.39 is 0 Å². The average Bonchev–Trinajstić information content (AvgIpc) is 2.37. The van der Waals surface area contributed by atoms with Crippen molar-refractivity contribution < 1.29 is 4.79 Å². The molecule has 2 heteroatoms. The zero-order chi connectivity index (χ0) is 11.3. The average molecular weight is 229 g/mol. The van der Waals surface area contributed by atoms with Gasteiger partial charge in [0.05, 0.1) is 0 Å². The van der Waals surface area contributed by atoms with E-state index in [-0.39, 0.29) is 10.3 Å². The second-order valence-electron chi connectivity index (χ2n) is 5.95. The molecule has 0 radical (unpaired) electrons. The van der Waals surface area contributed by atoms with Crippen LogP contribution in [-0.2, 0) is 4.79 Å². The number of ketones is 1. The number of fused-ring (bicyclic) bond motifs is 1. The van der Waals surface area contributed by atoms with Crippen LogP contribution >= 0.6 is 11.6 Å². The van der Waals surface area contributed by atoms with Crippen LogP contribution in [0, 0.1) is 17.3 Å². The maximum absolute atomic E-state index is 12.3. The number of carbonyl (C=O) groups excluding carboxylic acids is 1. The Kier molecular flexibility index (Phi) is 2.65. The van der Waals surface area contributed by atoms with Gasteiger partial charge in [-0.05, 0) is 44.9 Å². The summed E-state index contributed by atoms with van der Waals surface area (Å²) >= 11 is 6.43. The van der Waals surface area contributed by atoms with Crippen molar-refractivity contribution in [1.82, 2.24) is 0 Å². The molecular formula is C13H21ClO. The van der Waals surface area contributed by atoms with Crippen molar-refractivity contribution in [1.29, 1.82) is 0 Å². The second kappa shape index (κ2) is 3.48. The van der Waals surface area contributed by atoms with Gasteiger partial charge < -0.3 is 0 Å². The van der Waals surface area contributed by atoms with Gasteiger partial charge in [0, 0.05) is 16.2 Å². The third-order valence-corrected chi connectivity index (χ3v) is 4.97. The molecule has 0 aromatic carbocycles. The molecule has 0 heterocycles. The number of halogens is 1. The predicted molar refractivity (Wildman–Crippen MR) is 63.1 cm³/mol. The molecule has 0 saturated heterocycles. The van der Waals surface area contributed by atoms with Crippen molar-refractivity contribution in [2.75, 3.05) is 0 Å². The zero-order valence-corrected chi connectivity index (χ0v) is 10.7. The number of rotatable bonds is 1. The lowest BCUT2D eigenvalue weighted by atomic mass is 9.65. The summed E-state index contributed by atoms with van der Waals surface area (Å²) in [5.41, 5.74) is -0.116. The molecule has 2 fully saturated rings. The van der Waals surface area contributed by atoms with E-state index in [4.69, 9.17) is 11.6 Å². The Hall–Kier alpha value is -0.0400. The molecule has 2 aliphatic carbocycles. The Morgan fingerprint density at radius 2 is 2.13 bits per heavy atom. The van der Waals surface area contributed by atoms with Gasteiger partial charge in [-0.15, -0.1) is 11.6 Å². The molecule has 0 aliphatic heterocycles. The minimum absolute atomic E-state index is 0.116. The highest BCUT2D eigenvalue weighted by molar-refractivity contribution is 6.24. The SMILES string of the molecule is CCC1CC2CCC(C)(Cl)C[C@@]2(C)C1=O. The number of carbonyl (C=O) groups is 1. The summed E-state index contributed by atoms with van der Waals surface area (Å²) in [5.74, 6) is 1.40. The maximum Gasteiger partial charge on any atom is 0.142 e. The predicted octanol–water partition coefficient (Wildman–Crippen LogP) is 3.79. The molecule has 1 nitrogen and oxygen atoms in total. The molecule has 2 rings (SSSR count). The van der Waals surface area contributed by atoms with Crippen LogP contribution in [0.3, 0.4) is 0 Å². The van der Waals surface area contributed by atoms with Crippen LogP contribution in [0.15, 0.2) is 0 Å². The number of hydrogen-bond donors (Lipinski definition) is 0. The lowest BCUT2D eigenvalue weighted by molar-refractivity contribution is -0.131. The standard InChI is InChI=1S/C13H21ClO/c1-4-9-7-10-5-6-12(2,14)8-13(10,3)11(9)15/h9-10H,4-8H2,1-3H3/t9?,10?,12?,13-/m1/s1. The van der Waals surface area contributed by atoms with Crippen LogP contribution in [0.5, 0.6) is 0 Å². The van der Waals surface area contributed by atoms with Gasteiger partial charge in [0.1, 0.15) is 5.78 Å². The third kappa shape index (κ3) is 1.73. The van der Waals surface area contributed by atoms with Crippen LogP contribution < -0.4 is 0 Å². The van der Waals surface area contributed by atoms with Crippen LogP contribution in [0.4, 0.5) is 0 Å². The summed E-state index contributed by atoms with van der Waals surface area (Å²) in [7, 11) is 0. The smallest absolute Gasteiger partial charge is 0.142 e. The first-order valence-corrected chi connectivity index (χ1v) is 6.50. The largest absolute Gasteiger partial charge is 0.299 e. The van der Waals surface area contributed by atoms with E-state index in [1.54, 1.807) is 0 Å². The Bertz CT molecular complexity index is 284. The van der Waals surface area contributed by atoms with Crippen LogP contribution in [0.1, 0.15) is 52.9 Å². The first-order valence-electron chi connectivity index (χ1n) is 6.12. The Morgan fingerprint density at radius 3 is 2.73 bits per heavy atom. The summed E-state index contributed by atoms with van der Waals surface area (Å²) in [6, 6.07) is 0. The zero-order valence-electron chi connectivity index (χ0n) is 9.98. The van der Waals surface area contributed by atoms with E-state index in [2.05, 4.69) is 20.8 Å². The lowest BCUT2D eigenvalue weighted by Gasteiger charge is -2.42. The fraction of sp³-hybridized carbons (Fsp3) is 0.923. The molecule has 3 unspecified atom stereocenters. The molecule has 2 saturated carbocycles. The fourth-order valence-electron chi connectivity index (χ4n) is 3.73. The summed E-state index contributed by atoms with van der Waals surface area (Å²) in [4.78, 5) is 12.2. The van der Waals surface area contributed by atoms with Gasteiger partial charge >= 0.3 is 0 Å². The molecule has 0 aromatic heterocycles. The molecule has 0 N–H and O–H groups in total. The van der Waals surface area contributed by atoms with E-state index in [1.807, 2.05) is 0 Å². The quantitative estimate of drug-likeness (QED) is 0.624. The normalized spacial score (nSPS) is 50.5. The van der Waals surface area contributed by atoms with Crippen LogP contribution in [0.2, 0.25) is 0 Å². The van der Waals surface area contributed by atoms with Crippen LogP contribution in [-0.4, -0.2) is 10.7 Å². The highest BCUT2D eigenvalue weighted by atomic mass is 35.5. The Balaban J connectivity index is 2.25. The minimum atomic E-state index is -0.149. The summed E-state index contributed by atoms with van der Waals surface area (Å²) in [5, 5.41) is 0. The van der Waals surface area contributed by atoms with Gasteiger partial charge in [-0.2, -0.15) is 0 Å². The van der Waals surface area contributed by atoms with Crippen molar-refractivity contribution in [2.24, 2.45) is 17.3 Å². The van der Waals surface area contributed by atoms with Crippen molar-refractivity contribution in [3.63, 3.8) is 0 Å². The van der Waals surface area contributed by atoms with E-state index in [0.717, 1.165) is 32.1 Å². The molecule has 2 aliphatic rings. The molecule has 0 bridgehead atoms. The first-order chi connectivity index (χ1) is 6.89. The van der Waals surface area contributed by atoms with Crippen molar-refractivity contribution in [3.05, 3.63) is 0 Å². The third-order valence-electron chi connectivity index (χ3n) is 4.65. The van der Waals surface area contributed by atoms with Gasteiger partial charge in [0.15, 0.2) is 0 Å². The Morgan fingerprint density at radius 1 is 1.47 bits per heavy atom. The van der Waals surface area contributed by atoms with E-state index in [0.29, 0.717) is 17.6 Å². The molecule has 0 amide bonds. The van der Waals surface area contributed by atoms with Gasteiger partial charge in [0.2, 0.25) is 0 Å². The highest BCUT2D eigenvalue weighted by Crippen LogP contribution is 2.56. The number of hydrogen-bond acceptors (Lipinski definition) is 1. The van der Waals surface area contributed by atoms with Crippen molar-refractivity contribution in [2.45, 2.75) is 57.7 Å². The van der Waals surface area contributed by atoms with Gasteiger partial charge in [-0.3, -0.25) is 4.79 Å². The molecular weight excluding hydrogens is 208 g/mol. The second-order valence-corrected chi connectivity index (χ2v) is 6.86. The van der Waals surface area contributed by atoms with Crippen LogP contribution in [0.25, 0.3) is 0 Å². The van der Waals surface area contributed by atoms with E-state index in [9.17, 15) is 4.79 Å². The first kappa shape index (κ1) is 11.4. The monoisotopic (exact) mass is 228 g/mol. The number of Topliss-reactive ketones (excluding diaryl/α,β-unsaturated/α-hetero) is 1. The van der Waals surface area contributed by atoms with Gasteiger partial charge in [0.25, 0.3) is 0 Å². The van der Waals surface area contributed by atoms with Crippen molar-refractivity contribution >= 4 is 17.4 Å². The van der Waals surface area contributed by atoms with Gasteiger partial charge in [-0.1, -0.05) is 13.8 Å². The molecule has 0 spiro atoms. The summed E-state index contributed by atoms with van der Waals surface area (Å²) in [6.07, 6.45) is 5.20. The maximum atomic E-state index is 12.3. The fourth-order valence-corrected chi connectivity index (χ4v) is 4.11. The molecule has 15 heavy (non-hydrogen) atoms. The summed E-state index contributed by atoms with van der Waals surface area (Å²) in [6.45, 7) is 6.36.